The Bertz CT molecular complexity index is 354. The fourth-order valence-corrected chi connectivity index (χ4v) is 3.16. The van der Waals surface area contributed by atoms with Crippen LogP contribution in [0.25, 0.3) is 0 Å². The third-order valence-electron chi connectivity index (χ3n) is 3.90. The molecule has 1 aliphatic carbocycles. The smallest absolute Gasteiger partial charge is 0.0410 e. The Morgan fingerprint density at radius 1 is 1.25 bits per heavy atom. The Balaban J connectivity index is 2.22. The molecule has 0 heterocycles. The van der Waals surface area contributed by atoms with Gasteiger partial charge in [-0.2, -0.15) is 0 Å². The van der Waals surface area contributed by atoms with Gasteiger partial charge in [0.1, 0.15) is 0 Å². The predicted molar refractivity (Wildman–Crippen MR) is 72.3 cm³/mol. The monoisotopic (exact) mass is 281 g/mol. The second-order valence-electron chi connectivity index (χ2n) is 5.13. The van der Waals surface area contributed by atoms with Crippen molar-refractivity contribution in [1.29, 1.82) is 0 Å². The molecule has 0 aromatic heterocycles. The third-order valence-corrected chi connectivity index (χ3v) is 4.39. The van der Waals surface area contributed by atoms with Crippen LogP contribution in [0.3, 0.4) is 0 Å². The first-order valence-electron chi connectivity index (χ1n) is 6.15. The van der Waals surface area contributed by atoms with Gasteiger partial charge < -0.3 is 5.73 Å². The fraction of sp³-hybridized carbons (Fsp3) is 0.571. The summed E-state index contributed by atoms with van der Waals surface area (Å²) in [7, 11) is 0. The van der Waals surface area contributed by atoms with E-state index in [0.717, 1.165) is 4.47 Å². The molecule has 1 fully saturated rings. The number of hydrogen-bond acceptors (Lipinski definition) is 1. The van der Waals surface area contributed by atoms with Crippen molar-refractivity contribution in [2.45, 2.75) is 44.6 Å². The minimum atomic E-state index is -0.176. The highest BCUT2D eigenvalue weighted by molar-refractivity contribution is 9.10. The van der Waals surface area contributed by atoms with E-state index in [1.807, 2.05) is 0 Å². The van der Waals surface area contributed by atoms with Crippen molar-refractivity contribution in [1.82, 2.24) is 0 Å². The van der Waals surface area contributed by atoms with Gasteiger partial charge in [-0.1, -0.05) is 47.3 Å². The van der Waals surface area contributed by atoms with E-state index >= 15 is 0 Å². The van der Waals surface area contributed by atoms with Crippen molar-refractivity contribution in [3.8, 4) is 0 Å². The zero-order chi connectivity index (χ0) is 11.6. The highest BCUT2D eigenvalue weighted by Gasteiger charge is 2.32. The van der Waals surface area contributed by atoms with Crippen LogP contribution in [-0.4, -0.2) is 0 Å². The summed E-state index contributed by atoms with van der Waals surface area (Å²) in [5.41, 5.74) is 7.64. The molecule has 2 N–H and O–H groups in total. The van der Waals surface area contributed by atoms with Crippen molar-refractivity contribution < 1.29 is 0 Å². The standard InChI is InChI=1S/C14H20BrN/c1-14(16,11-6-3-2-4-7-11)12-8-5-9-13(15)10-12/h5,8-11H,2-4,6-7,16H2,1H3. The first-order valence-corrected chi connectivity index (χ1v) is 6.95. The van der Waals surface area contributed by atoms with Crippen LogP contribution in [0, 0.1) is 5.92 Å². The SMILES string of the molecule is CC(N)(c1cccc(Br)c1)C1CCCCC1. The summed E-state index contributed by atoms with van der Waals surface area (Å²) in [6.07, 6.45) is 6.61. The van der Waals surface area contributed by atoms with Crippen molar-refractivity contribution >= 4 is 15.9 Å². The second-order valence-corrected chi connectivity index (χ2v) is 6.04. The molecule has 1 aromatic carbocycles. The number of halogens is 1. The Labute approximate surface area is 107 Å². The fourth-order valence-electron chi connectivity index (χ4n) is 2.76. The average Bonchev–Trinajstić information content (AvgIpc) is 2.30. The van der Waals surface area contributed by atoms with E-state index in [0.29, 0.717) is 5.92 Å². The topological polar surface area (TPSA) is 26.0 Å². The maximum absolute atomic E-state index is 6.56. The van der Waals surface area contributed by atoms with E-state index in [4.69, 9.17) is 5.73 Å². The molecule has 0 amide bonds. The van der Waals surface area contributed by atoms with Crippen LogP contribution in [-0.2, 0) is 5.54 Å². The van der Waals surface area contributed by atoms with Crippen LogP contribution in [0.5, 0.6) is 0 Å². The summed E-state index contributed by atoms with van der Waals surface area (Å²) in [6.45, 7) is 2.19. The van der Waals surface area contributed by atoms with Crippen molar-refractivity contribution in [2.24, 2.45) is 11.7 Å². The molecule has 88 valence electrons. The normalized spacial score (nSPS) is 21.7. The van der Waals surface area contributed by atoms with Gasteiger partial charge in [0, 0.05) is 10.0 Å². The van der Waals surface area contributed by atoms with E-state index in [1.54, 1.807) is 0 Å². The summed E-state index contributed by atoms with van der Waals surface area (Å²) in [6, 6.07) is 8.45. The number of benzene rings is 1. The van der Waals surface area contributed by atoms with Gasteiger partial charge in [0.2, 0.25) is 0 Å². The maximum Gasteiger partial charge on any atom is 0.0410 e. The van der Waals surface area contributed by atoms with Crippen LogP contribution in [0.15, 0.2) is 28.7 Å². The van der Waals surface area contributed by atoms with Gasteiger partial charge in [0.25, 0.3) is 0 Å². The molecule has 1 unspecified atom stereocenters. The molecular formula is C14H20BrN. The minimum absolute atomic E-state index is 0.176. The molecule has 0 spiro atoms. The largest absolute Gasteiger partial charge is 0.321 e. The first-order chi connectivity index (χ1) is 7.60. The van der Waals surface area contributed by atoms with Crippen molar-refractivity contribution in [3.05, 3.63) is 34.3 Å². The number of nitrogens with two attached hydrogens (primary N) is 1. The molecule has 1 saturated carbocycles. The van der Waals surface area contributed by atoms with Gasteiger partial charge in [-0.25, -0.2) is 0 Å². The molecule has 2 rings (SSSR count). The molecule has 0 radical (unpaired) electrons. The molecule has 0 bridgehead atoms. The lowest BCUT2D eigenvalue weighted by molar-refractivity contribution is 0.224. The van der Waals surface area contributed by atoms with Crippen molar-refractivity contribution in [2.75, 3.05) is 0 Å². The van der Waals surface area contributed by atoms with Crippen LogP contribution in [0.2, 0.25) is 0 Å². The number of rotatable bonds is 2. The lowest BCUT2D eigenvalue weighted by Gasteiger charge is -2.37. The second kappa shape index (κ2) is 4.89. The zero-order valence-corrected chi connectivity index (χ0v) is 11.5. The molecule has 1 aromatic rings. The van der Waals surface area contributed by atoms with Crippen LogP contribution in [0.4, 0.5) is 0 Å². The van der Waals surface area contributed by atoms with E-state index in [9.17, 15) is 0 Å². The molecule has 16 heavy (non-hydrogen) atoms. The zero-order valence-electron chi connectivity index (χ0n) is 9.88. The van der Waals surface area contributed by atoms with Crippen LogP contribution in [0.1, 0.15) is 44.6 Å². The van der Waals surface area contributed by atoms with Gasteiger partial charge in [-0.15, -0.1) is 0 Å². The van der Waals surface area contributed by atoms with Gasteiger partial charge in [0.15, 0.2) is 0 Å². The van der Waals surface area contributed by atoms with Crippen LogP contribution >= 0.6 is 15.9 Å². The van der Waals surface area contributed by atoms with Crippen LogP contribution < -0.4 is 5.73 Å². The Morgan fingerprint density at radius 2 is 1.94 bits per heavy atom. The lowest BCUT2D eigenvalue weighted by Crippen LogP contribution is -2.42. The highest BCUT2D eigenvalue weighted by atomic mass is 79.9. The third kappa shape index (κ3) is 2.49. The summed E-state index contributed by atoms with van der Waals surface area (Å²) in [5, 5.41) is 0. The van der Waals surface area contributed by atoms with E-state index < -0.39 is 0 Å². The number of hydrogen-bond donors (Lipinski definition) is 1. The molecule has 1 nitrogen and oxygen atoms in total. The van der Waals surface area contributed by atoms with E-state index in [1.165, 1.54) is 37.7 Å². The molecule has 0 saturated heterocycles. The Morgan fingerprint density at radius 3 is 2.56 bits per heavy atom. The summed E-state index contributed by atoms with van der Waals surface area (Å²) in [5.74, 6) is 0.635. The maximum atomic E-state index is 6.56. The Hall–Kier alpha value is -0.340. The highest BCUT2D eigenvalue weighted by Crippen LogP contribution is 2.37. The molecule has 2 heteroatoms. The Kier molecular flexibility index (Phi) is 3.70. The van der Waals surface area contributed by atoms with Gasteiger partial charge in [-0.3, -0.25) is 0 Å². The van der Waals surface area contributed by atoms with Gasteiger partial charge >= 0.3 is 0 Å². The summed E-state index contributed by atoms with van der Waals surface area (Å²) < 4.78 is 1.12. The lowest BCUT2D eigenvalue weighted by atomic mass is 9.73. The minimum Gasteiger partial charge on any atom is -0.321 e. The van der Waals surface area contributed by atoms with Gasteiger partial charge in [0.05, 0.1) is 0 Å². The van der Waals surface area contributed by atoms with E-state index in [2.05, 4.69) is 47.1 Å². The predicted octanol–water partition coefficient (Wildman–Crippen LogP) is 4.20. The molecular weight excluding hydrogens is 262 g/mol. The first kappa shape index (κ1) is 12.1. The van der Waals surface area contributed by atoms with Gasteiger partial charge in [-0.05, 0) is 43.4 Å². The van der Waals surface area contributed by atoms with Crippen molar-refractivity contribution in [3.63, 3.8) is 0 Å². The quantitative estimate of drug-likeness (QED) is 0.864. The molecule has 0 aliphatic heterocycles. The molecule has 1 atom stereocenters. The summed E-state index contributed by atoms with van der Waals surface area (Å²) >= 11 is 3.52. The average molecular weight is 282 g/mol. The van der Waals surface area contributed by atoms with E-state index in [-0.39, 0.29) is 5.54 Å². The summed E-state index contributed by atoms with van der Waals surface area (Å²) in [4.78, 5) is 0. The molecule has 1 aliphatic rings.